The molecule has 0 atom stereocenters. The Kier molecular flexibility index (Phi) is 39.2. The molecule has 64 heavy (non-hydrogen) atoms. The van der Waals surface area contributed by atoms with Crippen LogP contribution in [0.15, 0.2) is 51.1 Å². The van der Waals surface area contributed by atoms with E-state index in [9.17, 15) is 19.2 Å². The van der Waals surface area contributed by atoms with Crippen LogP contribution >= 0.6 is 122 Å². The second kappa shape index (κ2) is 37.9. The number of aryl methyl sites for hydroxylation is 2. The molecule has 2 aromatic heterocycles. The molecule has 0 fully saturated rings. The summed E-state index contributed by atoms with van der Waals surface area (Å²) < 4.78 is 7.55. The van der Waals surface area contributed by atoms with Crippen molar-refractivity contribution < 1.29 is 19.4 Å². The Morgan fingerprint density at radius 1 is 0.875 bits per heavy atom. The Labute approximate surface area is 429 Å². The Balaban J connectivity index is -0.000000733. The number of benzene rings is 2. The van der Waals surface area contributed by atoms with E-state index in [0.717, 1.165) is 16.8 Å². The number of rotatable bonds is 10. The van der Waals surface area contributed by atoms with E-state index in [0.29, 0.717) is 68.4 Å². The zero-order valence-electron chi connectivity index (χ0n) is 37.4. The maximum atomic E-state index is 11.7. The number of methoxy groups -OCH3 is 1. The van der Waals surface area contributed by atoms with Crippen molar-refractivity contribution >= 4 is 138 Å². The van der Waals surface area contributed by atoms with Gasteiger partial charge in [-0.05, 0) is 83.8 Å². The number of alkyl halides is 1. The van der Waals surface area contributed by atoms with Crippen LogP contribution < -0.4 is 22.6 Å². The summed E-state index contributed by atoms with van der Waals surface area (Å²) >= 11 is 49.5. The molecule has 23 heteroatoms. The number of aliphatic hydroxyl groups excluding tert-OH is 1. The van der Waals surface area contributed by atoms with Crippen molar-refractivity contribution in [3.8, 4) is 0 Å². The lowest BCUT2D eigenvalue weighted by molar-refractivity contribution is -0.142. The molecule has 4 rings (SSSR count). The highest BCUT2D eigenvalue weighted by molar-refractivity contribution is 9.08. The van der Waals surface area contributed by atoms with Crippen LogP contribution in [0, 0.1) is 18.6 Å². The van der Waals surface area contributed by atoms with Crippen LogP contribution in [0.1, 0.15) is 63.6 Å². The number of H-pyrrole nitrogens is 1. The molecule has 0 amide bonds. The molecular weight excluding hydrogens is 1080 g/mol. The van der Waals surface area contributed by atoms with E-state index in [1.807, 2.05) is 0 Å². The molecule has 0 unspecified atom stereocenters. The maximum absolute atomic E-state index is 11.7. The quantitative estimate of drug-likeness (QED) is 0.0223. The number of aliphatic hydroxyl groups is 1. The van der Waals surface area contributed by atoms with E-state index in [4.69, 9.17) is 98.4 Å². The molecule has 4 aromatic rings. The monoisotopic (exact) mass is 1130 g/mol. The number of carbonyl (C=O) groups is 2. The van der Waals surface area contributed by atoms with Gasteiger partial charge in [-0.15, -0.1) is 0 Å². The number of Topliss-reactive ketones (excluding diaryl/α,β-unsaturated/α-hetero) is 1. The summed E-state index contributed by atoms with van der Waals surface area (Å²) in [5, 5.41) is 11.9. The first-order valence-electron chi connectivity index (χ1n) is 19.0. The Bertz CT molecular complexity index is 2190. The van der Waals surface area contributed by atoms with Gasteiger partial charge in [-0.25, -0.2) is 4.98 Å². The molecule has 0 aliphatic rings. The average Bonchev–Trinajstić information content (AvgIpc) is 3.23. The first-order valence-corrected chi connectivity index (χ1v) is 24.2. The standard InChI is InChI=1S/C13H11Cl3N2OS.C7H4BrCl3.C6H8N2OS.C6H15N.C5H8O3.C2H6N2S.C2H6O/c1-7-5-11(19)18(2)13(17-7)20-6-8-9(14)3-4-10(15)12(8)16;8-3-4-5(9)1-2-6(10)7(4)11;1-4-3-5(9)8(2)6(10)7-4;1-4-7(5-2)6-3;1-4(6)3-5(7)8-2;3-1-2(4)5;1-2-3/h3-5H,6H2,1-2H3;1-2H,3H2;3H,1-2H3,(H,7,10);4-6H2,1-3H3;3H2,1-2H3;1,3H2,(H2,4,5);3H,2H2,1H3. The molecule has 0 aliphatic heterocycles. The van der Waals surface area contributed by atoms with Crippen molar-refractivity contribution in [1.29, 1.82) is 0 Å². The van der Waals surface area contributed by atoms with E-state index in [1.165, 1.54) is 66.7 Å². The first kappa shape index (κ1) is 66.2. The van der Waals surface area contributed by atoms with E-state index in [1.54, 1.807) is 59.1 Å². The predicted molar refractivity (Wildman–Crippen MR) is 280 cm³/mol. The zero-order chi connectivity index (χ0) is 50.3. The van der Waals surface area contributed by atoms with Crippen molar-refractivity contribution in [1.82, 2.24) is 24.0 Å². The summed E-state index contributed by atoms with van der Waals surface area (Å²) in [7, 11) is 4.57. The summed E-state index contributed by atoms with van der Waals surface area (Å²) in [5.74, 6) is -0.156. The summed E-state index contributed by atoms with van der Waals surface area (Å²) in [4.78, 5) is 52.9. The number of ketones is 1. The van der Waals surface area contributed by atoms with Gasteiger partial charge >= 0.3 is 5.97 Å². The van der Waals surface area contributed by atoms with Crippen molar-refractivity contribution in [2.24, 2.45) is 25.6 Å². The van der Waals surface area contributed by atoms with Crippen molar-refractivity contribution in [3.63, 3.8) is 0 Å². The van der Waals surface area contributed by atoms with Crippen LogP contribution in [0.4, 0.5) is 0 Å². The van der Waals surface area contributed by atoms with Gasteiger partial charge in [0.25, 0.3) is 11.1 Å². The molecule has 6 N–H and O–H groups in total. The number of esters is 1. The van der Waals surface area contributed by atoms with Crippen LogP contribution in [0.5, 0.6) is 0 Å². The highest BCUT2D eigenvalue weighted by atomic mass is 79.9. The minimum absolute atomic E-state index is 0.0683. The highest BCUT2D eigenvalue weighted by Crippen LogP contribution is 2.35. The van der Waals surface area contributed by atoms with Gasteiger partial charge in [0.15, 0.2) is 9.93 Å². The molecule has 0 saturated carbocycles. The largest absolute Gasteiger partial charge is 0.469 e. The third-order valence-electron chi connectivity index (χ3n) is 7.42. The van der Waals surface area contributed by atoms with E-state index >= 15 is 0 Å². The highest BCUT2D eigenvalue weighted by Gasteiger charge is 2.12. The number of thioether (sulfide) groups is 1. The average molecular weight is 1130 g/mol. The predicted octanol–water partition coefficient (Wildman–Crippen LogP) is 10.4. The number of aromatic nitrogens is 4. The smallest absolute Gasteiger partial charge is 0.313 e. The first-order chi connectivity index (χ1) is 29.9. The maximum Gasteiger partial charge on any atom is 0.313 e. The summed E-state index contributed by atoms with van der Waals surface area (Å²) in [6.45, 7) is 17.3. The zero-order valence-corrected chi connectivity index (χ0v) is 46.0. The van der Waals surface area contributed by atoms with E-state index < -0.39 is 5.97 Å². The summed E-state index contributed by atoms with van der Waals surface area (Å²) in [6, 6.07) is 9.76. The van der Waals surface area contributed by atoms with Crippen LogP contribution in [0.25, 0.3) is 0 Å². The molecule has 2 aromatic carbocycles. The molecule has 0 saturated heterocycles. The third-order valence-corrected chi connectivity index (χ3v) is 12.0. The molecular formula is C41H58BrCl6N7O6S3. The van der Waals surface area contributed by atoms with Gasteiger partial charge in [-0.3, -0.25) is 28.3 Å². The fourth-order valence-corrected chi connectivity index (χ4v) is 7.65. The number of nitrogens with one attached hydrogen (secondary N) is 1. The van der Waals surface area contributed by atoms with Gasteiger partial charge in [0.2, 0.25) is 0 Å². The number of halogens is 7. The fraction of sp³-hybridized carbons (Fsp3) is 0.439. The minimum Gasteiger partial charge on any atom is -0.469 e. The Morgan fingerprint density at radius 2 is 1.30 bits per heavy atom. The van der Waals surface area contributed by atoms with Crippen LogP contribution in [-0.2, 0) is 39.5 Å². The SMILES string of the molecule is CCN(CC)CC.CCO.COC(=O)CC(C)=O.Cc1cc(=O)n(C)c(=S)[nH]1.Cc1cc(=O)n(C)c(SCc2c(Cl)ccc(Cl)c2Cl)n1.Clc1ccc(Cl)c(CBr)c1Cl.NCC(N)=S. The van der Waals surface area contributed by atoms with Crippen molar-refractivity contribution in [2.75, 3.05) is 39.9 Å². The van der Waals surface area contributed by atoms with Gasteiger partial charge in [0.1, 0.15) is 12.2 Å². The Morgan fingerprint density at radius 3 is 1.64 bits per heavy atom. The lowest BCUT2D eigenvalue weighted by Crippen LogP contribution is -2.21. The van der Waals surface area contributed by atoms with Crippen LogP contribution in [-0.4, -0.2) is 85.7 Å². The second-order valence-corrected chi connectivity index (χ2v) is 17.2. The molecule has 0 radical (unpaired) electrons. The summed E-state index contributed by atoms with van der Waals surface area (Å²) in [5.41, 5.74) is 12.7. The third kappa shape index (κ3) is 28.8. The number of hydrogen-bond acceptors (Lipinski definition) is 12. The van der Waals surface area contributed by atoms with Gasteiger partial charge in [-0.1, -0.05) is 130 Å². The minimum atomic E-state index is -0.475. The molecule has 13 nitrogen and oxygen atoms in total. The molecule has 0 bridgehead atoms. The molecule has 2 heterocycles. The molecule has 0 spiro atoms. The molecule has 0 aliphatic carbocycles. The second-order valence-electron chi connectivity index (χ2n) is 12.4. The number of ether oxygens (including phenoxy) is 1. The lowest BCUT2D eigenvalue weighted by atomic mass is 10.2. The van der Waals surface area contributed by atoms with Gasteiger partial charge in [-0.2, -0.15) is 0 Å². The number of nitrogens with zero attached hydrogens (tertiary/aromatic N) is 4. The van der Waals surface area contributed by atoms with E-state index in [-0.39, 0.29) is 29.9 Å². The van der Waals surface area contributed by atoms with Crippen molar-refractivity contribution in [3.05, 3.63) is 115 Å². The lowest BCUT2D eigenvalue weighted by Gasteiger charge is -2.13. The van der Waals surface area contributed by atoms with E-state index in [2.05, 4.69) is 68.5 Å². The van der Waals surface area contributed by atoms with Gasteiger partial charge in [0, 0.05) is 83.0 Å². The summed E-state index contributed by atoms with van der Waals surface area (Å²) in [6.07, 6.45) is -0.115. The number of hydrogen-bond donors (Lipinski definition) is 4. The van der Waals surface area contributed by atoms with Gasteiger partial charge in [0.05, 0.1) is 32.2 Å². The fourth-order valence-electron chi connectivity index (χ4n) is 3.90. The number of nitrogens with two attached hydrogens (primary N) is 2. The normalized spacial score (nSPS) is 9.69. The van der Waals surface area contributed by atoms with Crippen LogP contribution in [0.3, 0.4) is 0 Å². The van der Waals surface area contributed by atoms with Crippen LogP contribution in [0.2, 0.25) is 30.1 Å². The number of thiocarbonyl (C=S) groups is 1. The molecule has 360 valence electrons. The number of carbonyl (C=O) groups excluding carboxylic acids is 2. The van der Waals surface area contributed by atoms with Gasteiger partial charge < -0.3 is 31.2 Å². The number of aromatic amines is 1. The van der Waals surface area contributed by atoms with Crippen molar-refractivity contribution in [2.45, 2.75) is 71.1 Å². The topological polar surface area (TPSA) is 192 Å². The Hall–Kier alpha value is -2.10.